The number of carbonyl (C=O) groups excluding carboxylic acids is 1. The van der Waals surface area contributed by atoms with Crippen molar-refractivity contribution in [1.29, 1.82) is 0 Å². The molecule has 1 saturated carbocycles. The maximum absolute atomic E-state index is 12.7. The van der Waals surface area contributed by atoms with Gasteiger partial charge in [-0.25, -0.2) is 4.98 Å². The molecule has 24 heavy (non-hydrogen) atoms. The zero-order valence-electron chi connectivity index (χ0n) is 13.3. The largest absolute Gasteiger partial charge is 0.396 e. The number of carbonyl (C=O) groups is 1. The van der Waals surface area contributed by atoms with Crippen LogP contribution >= 0.6 is 0 Å². The molecule has 4 rings (SSSR count). The SMILES string of the molecule is O=C(Nc1ccc(CCO)cc1)c1nc(C2CC2)n2ccccc12. The van der Waals surface area contributed by atoms with E-state index in [0.717, 1.165) is 35.4 Å². The third-order valence-electron chi connectivity index (χ3n) is 4.35. The highest BCUT2D eigenvalue weighted by atomic mass is 16.3. The fraction of sp³-hybridized carbons (Fsp3) is 0.263. The van der Waals surface area contributed by atoms with Crippen molar-refractivity contribution < 1.29 is 9.90 Å². The van der Waals surface area contributed by atoms with Gasteiger partial charge in [-0.15, -0.1) is 0 Å². The number of imidazole rings is 1. The van der Waals surface area contributed by atoms with Crippen molar-refractivity contribution in [3.63, 3.8) is 0 Å². The van der Waals surface area contributed by atoms with Crippen molar-refractivity contribution in [2.75, 3.05) is 11.9 Å². The Bertz CT molecular complexity index is 879. The topological polar surface area (TPSA) is 66.6 Å². The molecule has 1 aliphatic rings. The van der Waals surface area contributed by atoms with Gasteiger partial charge >= 0.3 is 0 Å². The zero-order valence-corrected chi connectivity index (χ0v) is 13.3. The van der Waals surface area contributed by atoms with Crippen LogP contribution < -0.4 is 5.32 Å². The minimum Gasteiger partial charge on any atom is -0.396 e. The monoisotopic (exact) mass is 321 g/mol. The van der Waals surface area contributed by atoms with Crippen LogP contribution in [0.2, 0.25) is 0 Å². The molecule has 2 aromatic heterocycles. The van der Waals surface area contributed by atoms with Gasteiger partial charge in [-0.05, 0) is 49.1 Å². The predicted octanol–water partition coefficient (Wildman–Crippen LogP) is 3.00. The van der Waals surface area contributed by atoms with Crippen LogP contribution in [0.25, 0.3) is 5.52 Å². The Hall–Kier alpha value is -2.66. The second-order valence-corrected chi connectivity index (χ2v) is 6.17. The van der Waals surface area contributed by atoms with E-state index in [2.05, 4.69) is 10.3 Å². The van der Waals surface area contributed by atoms with E-state index in [9.17, 15) is 4.79 Å². The normalized spacial score (nSPS) is 14.0. The molecule has 0 radical (unpaired) electrons. The van der Waals surface area contributed by atoms with E-state index in [1.165, 1.54) is 0 Å². The van der Waals surface area contributed by atoms with Gasteiger partial charge in [0.15, 0.2) is 5.69 Å². The van der Waals surface area contributed by atoms with Crippen molar-refractivity contribution in [2.45, 2.75) is 25.2 Å². The Morgan fingerprint density at radius 1 is 1.21 bits per heavy atom. The summed E-state index contributed by atoms with van der Waals surface area (Å²) in [4.78, 5) is 17.3. The number of hydrogen-bond acceptors (Lipinski definition) is 3. The molecule has 0 bridgehead atoms. The Labute approximate surface area is 140 Å². The third-order valence-corrected chi connectivity index (χ3v) is 4.35. The van der Waals surface area contributed by atoms with Gasteiger partial charge in [0.2, 0.25) is 0 Å². The molecule has 1 aromatic carbocycles. The van der Waals surface area contributed by atoms with Crippen LogP contribution in [-0.2, 0) is 6.42 Å². The van der Waals surface area contributed by atoms with E-state index in [1.807, 2.05) is 53.1 Å². The molecule has 1 aliphatic carbocycles. The molecule has 2 N–H and O–H groups in total. The van der Waals surface area contributed by atoms with Crippen molar-refractivity contribution in [2.24, 2.45) is 0 Å². The van der Waals surface area contributed by atoms with Gasteiger partial charge in [0, 0.05) is 24.4 Å². The minimum absolute atomic E-state index is 0.121. The lowest BCUT2D eigenvalue weighted by Gasteiger charge is -2.05. The highest BCUT2D eigenvalue weighted by molar-refractivity contribution is 6.07. The van der Waals surface area contributed by atoms with Gasteiger partial charge in [0.25, 0.3) is 5.91 Å². The minimum atomic E-state index is -0.194. The van der Waals surface area contributed by atoms with Gasteiger partial charge < -0.3 is 14.8 Å². The summed E-state index contributed by atoms with van der Waals surface area (Å²) in [6, 6.07) is 13.3. The number of aromatic nitrogens is 2. The number of fused-ring (bicyclic) bond motifs is 1. The molecule has 3 aromatic rings. The van der Waals surface area contributed by atoms with Gasteiger partial charge in [0.1, 0.15) is 5.82 Å². The first-order valence-corrected chi connectivity index (χ1v) is 8.24. The predicted molar refractivity (Wildman–Crippen MR) is 92.4 cm³/mol. The fourth-order valence-electron chi connectivity index (χ4n) is 2.93. The van der Waals surface area contributed by atoms with E-state index < -0.39 is 0 Å². The average molecular weight is 321 g/mol. The number of benzene rings is 1. The third kappa shape index (κ3) is 2.78. The summed E-state index contributed by atoms with van der Waals surface area (Å²) in [6.45, 7) is 0.121. The summed E-state index contributed by atoms with van der Waals surface area (Å²) in [5.41, 5.74) is 3.08. The van der Waals surface area contributed by atoms with Crippen LogP contribution in [0.4, 0.5) is 5.69 Å². The second kappa shape index (κ2) is 6.09. The van der Waals surface area contributed by atoms with Gasteiger partial charge in [0.05, 0.1) is 5.52 Å². The Morgan fingerprint density at radius 3 is 2.71 bits per heavy atom. The molecule has 0 unspecified atom stereocenters. The van der Waals surface area contributed by atoms with Crippen LogP contribution in [0.5, 0.6) is 0 Å². The van der Waals surface area contributed by atoms with E-state index in [4.69, 9.17) is 5.11 Å². The lowest BCUT2D eigenvalue weighted by atomic mass is 10.1. The molecule has 0 aliphatic heterocycles. The smallest absolute Gasteiger partial charge is 0.276 e. The van der Waals surface area contributed by atoms with E-state index in [-0.39, 0.29) is 12.5 Å². The van der Waals surface area contributed by atoms with E-state index in [1.54, 1.807) is 0 Å². The summed E-state index contributed by atoms with van der Waals surface area (Å²) < 4.78 is 2.02. The van der Waals surface area contributed by atoms with E-state index in [0.29, 0.717) is 18.0 Å². The van der Waals surface area contributed by atoms with Crippen LogP contribution in [0, 0.1) is 0 Å². The molecule has 0 atom stereocenters. The lowest BCUT2D eigenvalue weighted by Crippen LogP contribution is -2.13. The highest BCUT2D eigenvalue weighted by Crippen LogP contribution is 2.40. The maximum Gasteiger partial charge on any atom is 0.276 e. The molecule has 0 saturated heterocycles. The van der Waals surface area contributed by atoms with Crippen molar-refractivity contribution in [3.8, 4) is 0 Å². The molecular weight excluding hydrogens is 302 g/mol. The van der Waals surface area contributed by atoms with Crippen molar-refractivity contribution in [3.05, 3.63) is 65.7 Å². The zero-order chi connectivity index (χ0) is 16.5. The summed E-state index contributed by atoms with van der Waals surface area (Å²) in [5.74, 6) is 1.26. The van der Waals surface area contributed by atoms with Crippen LogP contribution in [-0.4, -0.2) is 27.0 Å². The summed E-state index contributed by atoms with van der Waals surface area (Å²) >= 11 is 0. The molecule has 0 spiro atoms. The number of anilines is 1. The van der Waals surface area contributed by atoms with Crippen molar-refractivity contribution >= 4 is 17.1 Å². The number of aliphatic hydroxyl groups is 1. The summed E-state index contributed by atoms with van der Waals surface area (Å²) in [5, 5.41) is 11.9. The first-order valence-electron chi connectivity index (χ1n) is 8.24. The number of nitrogens with one attached hydrogen (secondary N) is 1. The highest BCUT2D eigenvalue weighted by Gasteiger charge is 2.30. The van der Waals surface area contributed by atoms with Crippen molar-refractivity contribution in [1.82, 2.24) is 9.38 Å². The van der Waals surface area contributed by atoms with Gasteiger partial charge in [-0.3, -0.25) is 4.79 Å². The fourth-order valence-corrected chi connectivity index (χ4v) is 2.93. The molecule has 1 amide bonds. The standard InChI is InChI=1S/C19H19N3O2/c23-12-10-13-4-8-15(9-5-13)20-19(24)17-16-3-1-2-11-22(16)18(21-17)14-6-7-14/h1-5,8-9,11,14,23H,6-7,10,12H2,(H,20,24). The Morgan fingerprint density at radius 2 is 2.00 bits per heavy atom. The lowest BCUT2D eigenvalue weighted by molar-refractivity contribution is 0.102. The summed E-state index contributed by atoms with van der Waals surface area (Å²) in [6.07, 6.45) is 4.86. The Kier molecular flexibility index (Phi) is 3.78. The maximum atomic E-state index is 12.7. The van der Waals surface area contributed by atoms with Crippen LogP contribution in [0.15, 0.2) is 48.7 Å². The molecule has 5 heteroatoms. The summed E-state index contributed by atoms with van der Waals surface area (Å²) in [7, 11) is 0. The first-order chi connectivity index (χ1) is 11.8. The number of amides is 1. The van der Waals surface area contributed by atoms with Crippen LogP contribution in [0.3, 0.4) is 0 Å². The Balaban J connectivity index is 1.61. The number of pyridine rings is 1. The number of hydrogen-bond donors (Lipinski definition) is 2. The average Bonchev–Trinajstić information content (AvgIpc) is 3.37. The van der Waals surface area contributed by atoms with Crippen LogP contribution in [0.1, 0.15) is 40.6 Å². The molecule has 5 nitrogen and oxygen atoms in total. The number of nitrogens with zero attached hydrogens (tertiary/aromatic N) is 2. The molecule has 2 heterocycles. The quantitative estimate of drug-likeness (QED) is 0.759. The molecular formula is C19H19N3O2. The first kappa shape index (κ1) is 14.9. The molecule has 1 fully saturated rings. The van der Waals surface area contributed by atoms with E-state index >= 15 is 0 Å². The van der Waals surface area contributed by atoms with Gasteiger partial charge in [-0.2, -0.15) is 0 Å². The molecule has 122 valence electrons. The second-order valence-electron chi connectivity index (χ2n) is 6.17. The number of rotatable bonds is 5. The van der Waals surface area contributed by atoms with Gasteiger partial charge in [-0.1, -0.05) is 18.2 Å². The number of aliphatic hydroxyl groups excluding tert-OH is 1.